The summed E-state index contributed by atoms with van der Waals surface area (Å²) in [6.07, 6.45) is 1.39. The zero-order chi connectivity index (χ0) is 22.5. The second-order valence-corrected chi connectivity index (χ2v) is 8.33. The number of hydrogen-bond donors (Lipinski definition) is 2. The number of amides is 2. The molecule has 0 atom stereocenters. The Balaban J connectivity index is 1.19. The fourth-order valence-electron chi connectivity index (χ4n) is 3.68. The molecule has 0 spiro atoms. The van der Waals surface area contributed by atoms with Crippen molar-refractivity contribution in [3.8, 4) is 0 Å². The van der Waals surface area contributed by atoms with Gasteiger partial charge in [-0.15, -0.1) is 0 Å². The van der Waals surface area contributed by atoms with Crippen LogP contribution in [0.3, 0.4) is 0 Å². The van der Waals surface area contributed by atoms with Crippen LogP contribution in [0, 0.1) is 0 Å². The van der Waals surface area contributed by atoms with Gasteiger partial charge in [-0.05, 0) is 18.6 Å². The van der Waals surface area contributed by atoms with Gasteiger partial charge in [0.15, 0.2) is 5.82 Å². The first kappa shape index (κ1) is 21.9. The molecule has 170 valence electrons. The first-order chi connectivity index (χ1) is 15.5. The van der Waals surface area contributed by atoms with E-state index in [1.165, 1.54) is 0 Å². The molecule has 1 fully saturated rings. The largest absolute Gasteiger partial charge is 0.339 e. The number of fused-ring (bicyclic) bond motifs is 1. The lowest BCUT2D eigenvalue weighted by atomic mass is 10.2. The third-order valence-electron chi connectivity index (χ3n) is 5.54. The quantitative estimate of drug-likeness (QED) is 0.539. The molecule has 4 rings (SSSR count). The molecule has 10 nitrogen and oxygen atoms in total. The third-order valence-corrected chi connectivity index (χ3v) is 5.54. The molecule has 2 N–H and O–H groups in total. The summed E-state index contributed by atoms with van der Waals surface area (Å²) >= 11 is 0. The molecule has 2 amide bonds. The van der Waals surface area contributed by atoms with Gasteiger partial charge in [-0.1, -0.05) is 31.1 Å². The first-order valence-corrected chi connectivity index (χ1v) is 11.0. The highest BCUT2D eigenvalue weighted by atomic mass is 16.5. The van der Waals surface area contributed by atoms with E-state index in [0.29, 0.717) is 61.0 Å². The number of aromatic nitrogens is 4. The molecular weight excluding hydrogens is 410 g/mol. The van der Waals surface area contributed by atoms with Gasteiger partial charge in [-0.2, -0.15) is 4.98 Å². The van der Waals surface area contributed by atoms with Crippen molar-refractivity contribution in [2.24, 2.45) is 0 Å². The van der Waals surface area contributed by atoms with Gasteiger partial charge in [-0.25, -0.2) is 9.78 Å². The molecule has 10 heteroatoms. The van der Waals surface area contributed by atoms with Gasteiger partial charge in [0.05, 0.1) is 17.4 Å². The smallest absolute Gasteiger partial charge is 0.317 e. The Labute approximate surface area is 186 Å². The number of aromatic amines is 1. The van der Waals surface area contributed by atoms with E-state index in [9.17, 15) is 9.59 Å². The van der Waals surface area contributed by atoms with Gasteiger partial charge in [0, 0.05) is 45.1 Å². The number of carbonyl (C=O) groups excluding carboxylic acids is 1. The number of urea groups is 1. The van der Waals surface area contributed by atoms with E-state index in [1.807, 2.05) is 36.9 Å². The maximum atomic E-state index is 12.4. The second-order valence-electron chi connectivity index (χ2n) is 8.33. The summed E-state index contributed by atoms with van der Waals surface area (Å²) in [4.78, 5) is 40.5. The van der Waals surface area contributed by atoms with Gasteiger partial charge in [-0.3, -0.25) is 9.69 Å². The van der Waals surface area contributed by atoms with E-state index >= 15 is 0 Å². The van der Waals surface area contributed by atoms with Crippen molar-refractivity contribution in [3.05, 3.63) is 52.2 Å². The molecule has 32 heavy (non-hydrogen) atoms. The van der Waals surface area contributed by atoms with Crippen molar-refractivity contribution in [1.82, 2.24) is 35.2 Å². The Morgan fingerprint density at radius 3 is 2.72 bits per heavy atom. The van der Waals surface area contributed by atoms with Gasteiger partial charge in [0.1, 0.15) is 5.82 Å². The lowest BCUT2D eigenvalue weighted by Crippen LogP contribution is -2.51. The SMILES string of the molecule is CC(C)c1noc(CCCNC(=O)N2CCN(Cc3nc4ccccc4c(=O)[nH]3)CC2)n1. The fraction of sp³-hybridized carbons (Fsp3) is 0.500. The monoisotopic (exact) mass is 439 g/mol. The molecule has 1 aromatic carbocycles. The lowest BCUT2D eigenvalue weighted by Gasteiger charge is -2.34. The summed E-state index contributed by atoms with van der Waals surface area (Å²) in [6.45, 7) is 7.86. The number of aryl methyl sites for hydroxylation is 1. The Bertz CT molecular complexity index is 1120. The third kappa shape index (κ3) is 5.31. The zero-order valence-electron chi connectivity index (χ0n) is 18.5. The van der Waals surface area contributed by atoms with E-state index in [0.717, 1.165) is 19.5 Å². The normalized spacial score (nSPS) is 14.9. The predicted molar refractivity (Wildman–Crippen MR) is 119 cm³/mol. The van der Waals surface area contributed by atoms with Gasteiger partial charge >= 0.3 is 6.03 Å². The van der Waals surface area contributed by atoms with Crippen molar-refractivity contribution in [1.29, 1.82) is 0 Å². The van der Waals surface area contributed by atoms with Gasteiger partial charge in [0.2, 0.25) is 5.89 Å². The van der Waals surface area contributed by atoms with E-state index in [4.69, 9.17) is 4.52 Å². The summed E-state index contributed by atoms with van der Waals surface area (Å²) in [5.74, 6) is 2.21. The minimum atomic E-state index is -0.121. The molecule has 0 unspecified atom stereocenters. The number of nitrogens with one attached hydrogen (secondary N) is 2. The Kier molecular flexibility index (Phi) is 6.79. The number of benzene rings is 1. The van der Waals surface area contributed by atoms with E-state index in [-0.39, 0.29) is 17.5 Å². The Hall–Kier alpha value is -3.27. The predicted octanol–water partition coefficient (Wildman–Crippen LogP) is 1.89. The summed E-state index contributed by atoms with van der Waals surface area (Å²) in [7, 11) is 0. The summed E-state index contributed by atoms with van der Waals surface area (Å²) in [5, 5.41) is 7.51. The average molecular weight is 440 g/mol. The van der Waals surface area contributed by atoms with Gasteiger partial charge < -0.3 is 19.7 Å². The average Bonchev–Trinajstić information content (AvgIpc) is 3.27. The van der Waals surface area contributed by atoms with Crippen LogP contribution in [-0.2, 0) is 13.0 Å². The van der Waals surface area contributed by atoms with E-state index in [2.05, 4.69) is 30.3 Å². The van der Waals surface area contributed by atoms with Crippen LogP contribution in [-0.4, -0.2) is 68.7 Å². The van der Waals surface area contributed by atoms with Crippen LogP contribution in [0.15, 0.2) is 33.6 Å². The van der Waals surface area contributed by atoms with Crippen molar-refractivity contribution in [3.63, 3.8) is 0 Å². The molecule has 1 aliphatic heterocycles. The van der Waals surface area contributed by atoms with Gasteiger partial charge in [0.25, 0.3) is 5.56 Å². The van der Waals surface area contributed by atoms with Crippen LogP contribution in [0.25, 0.3) is 10.9 Å². The second kappa shape index (κ2) is 9.90. The number of H-pyrrole nitrogens is 1. The molecular formula is C22H29N7O3. The molecule has 0 aliphatic carbocycles. The maximum absolute atomic E-state index is 12.4. The molecule has 1 aliphatic rings. The standard InChI is InChI=1S/C22H29N7O3/c1-15(2)20-26-19(32-27-20)8-5-9-23-22(31)29-12-10-28(11-13-29)14-18-24-17-7-4-3-6-16(17)21(30)25-18/h3-4,6-7,15H,5,8-14H2,1-2H3,(H,23,31)(H,24,25,30). The van der Waals surface area contributed by atoms with Crippen LogP contribution in [0.5, 0.6) is 0 Å². The minimum Gasteiger partial charge on any atom is -0.339 e. The first-order valence-electron chi connectivity index (χ1n) is 11.0. The molecule has 0 saturated carbocycles. The van der Waals surface area contributed by atoms with Crippen LogP contribution >= 0.6 is 0 Å². The summed E-state index contributed by atoms with van der Waals surface area (Å²) in [5.41, 5.74) is 0.579. The summed E-state index contributed by atoms with van der Waals surface area (Å²) in [6, 6.07) is 7.26. The fourth-order valence-corrected chi connectivity index (χ4v) is 3.68. The number of hydrogen-bond acceptors (Lipinski definition) is 7. The highest BCUT2D eigenvalue weighted by molar-refractivity contribution is 5.77. The minimum absolute atomic E-state index is 0.0599. The number of piperazine rings is 1. The van der Waals surface area contributed by atoms with Crippen molar-refractivity contribution < 1.29 is 9.32 Å². The maximum Gasteiger partial charge on any atom is 0.317 e. The highest BCUT2D eigenvalue weighted by Crippen LogP contribution is 2.11. The van der Waals surface area contributed by atoms with E-state index < -0.39 is 0 Å². The molecule has 1 saturated heterocycles. The zero-order valence-corrected chi connectivity index (χ0v) is 18.5. The topological polar surface area (TPSA) is 120 Å². The Morgan fingerprint density at radius 1 is 1.19 bits per heavy atom. The van der Waals surface area contributed by atoms with E-state index in [1.54, 1.807) is 6.07 Å². The number of rotatable bonds is 7. The highest BCUT2D eigenvalue weighted by Gasteiger charge is 2.21. The molecule has 0 radical (unpaired) electrons. The van der Waals surface area contributed by atoms with Crippen LogP contribution in [0.4, 0.5) is 4.79 Å². The number of carbonyl (C=O) groups is 1. The van der Waals surface area contributed by atoms with Crippen LogP contribution in [0.1, 0.15) is 43.7 Å². The van der Waals surface area contributed by atoms with Crippen LogP contribution < -0.4 is 10.9 Å². The number of nitrogens with zero attached hydrogens (tertiary/aromatic N) is 5. The van der Waals surface area contributed by atoms with Crippen molar-refractivity contribution in [2.45, 2.75) is 39.2 Å². The lowest BCUT2D eigenvalue weighted by molar-refractivity contribution is 0.133. The summed E-state index contributed by atoms with van der Waals surface area (Å²) < 4.78 is 5.22. The molecule has 2 aromatic heterocycles. The van der Waals surface area contributed by atoms with Crippen LogP contribution in [0.2, 0.25) is 0 Å². The number of para-hydroxylation sites is 1. The molecule has 0 bridgehead atoms. The van der Waals surface area contributed by atoms with Crippen molar-refractivity contribution in [2.75, 3.05) is 32.7 Å². The van der Waals surface area contributed by atoms with Crippen molar-refractivity contribution >= 4 is 16.9 Å². The Morgan fingerprint density at radius 2 is 1.97 bits per heavy atom. The molecule has 3 aromatic rings. The molecule has 3 heterocycles.